The van der Waals surface area contributed by atoms with Crippen molar-refractivity contribution in [1.29, 1.82) is 0 Å². The molecule has 3 heteroatoms. The minimum Gasteiger partial charge on any atom is -0.378 e. The van der Waals surface area contributed by atoms with Crippen molar-refractivity contribution in [3.05, 3.63) is 0 Å². The molecule has 0 aromatic heterocycles. The van der Waals surface area contributed by atoms with Crippen LogP contribution in [-0.4, -0.2) is 53.9 Å². The molecule has 0 amide bonds. The third-order valence-corrected chi connectivity index (χ3v) is 3.92. The molecule has 0 saturated carbocycles. The summed E-state index contributed by atoms with van der Waals surface area (Å²) in [6.45, 7) is 3.48. The summed E-state index contributed by atoms with van der Waals surface area (Å²) >= 11 is 0. The lowest BCUT2D eigenvalue weighted by Gasteiger charge is -2.39. The molecule has 0 aliphatic carbocycles. The molecule has 15 heavy (non-hydrogen) atoms. The molecule has 2 saturated heterocycles. The van der Waals surface area contributed by atoms with Crippen molar-refractivity contribution in [2.24, 2.45) is 0 Å². The quantitative estimate of drug-likeness (QED) is 0.709. The Kier molecular flexibility index (Phi) is 4.00. The smallest absolute Gasteiger partial charge is 0.107 e. The lowest BCUT2D eigenvalue weighted by Crippen LogP contribution is -2.48. The van der Waals surface area contributed by atoms with Gasteiger partial charge in [-0.05, 0) is 52.2 Å². The summed E-state index contributed by atoms with van der Waals surface area (Å²) in [6.07, 6.45) is 7.03. The summed E-state index contributed by atoms with van der Waals surface area (Å²) in [5.41, 5.74) is 0. The minimum absolute atomic E-state index is 0.166. The number of piperidine rings is 1. The zero-order chi connectivity index (χ0) is 10.7. The van der Waals surface area contributed by atoms with E-state index in [2.05, 4.69) is 16.8 Å². The molecule has 1 N–H and O–H groups in total. The van der Waals surface area contributed by atoms with Crippen molar-refractivity contribution in [1.82, 2.24) is 9.80 Å². The van der Waals surface area contributed by atoms with Crippen LogP contribution in [0.4, 0.5) is 0 Å². The predicted octanol–water partition coefficient (Wildman–Crippen LogP) is 1.27. The summed E-state index contributed by atoms with van der Waals surface area (Å²) in [5.74, 6) is 0. The Balaban J connectivity index is 1.89. The first-order valence-electron chi connectivity index (χ1n) is 6.40. The first-order valence-corrected chi connectivity index (χ1v) is 6.40. The van der Waals surface area contributed by atoms with E-state index in [1.807, 2.05) is 0 Å². The second kappa shape index (κ2) is 5.28. The molecular formula is C12H24N2O. The Morgan fingerprint density at radius 3 is 2.40 bits per heavy atom. The van der Waals surface area contributed by atoms with Crippen LogP contribution in [0.2, 0.25) is 0 Å². The van der Waals surface area contributed by atoms with Crippen LogP contribution in [0, 0.1) is 0 Å². The van der Waals surface area contributed by atoms with Crippen molar-refractivity contribution in [2.75, 3.05) is 26.7 Å². The fourth-order valence-electron chi connectivity index (χ4n) is 2.87. The maximum atomic E-state index is 10.1. The minimum atomic E-state index is -0.166. The lowest BCUT2D eigenvalue weighted by molar-refractivity contribution is -0.0380. The van der Waals surface area contributed by atoms with Gasteiger partial charge in [-0.3, -0.25) is 4.90 Å². The number of likely N-dealkylation sites (tertiary alicyclic amines) is 2. The zero-order valence-corrected chi connectivity index (χ0v) is 9.86. The first-order chi connectivity index (χ1) is 7.27. The normalized spacial score (nSPS) is 32.8. The number of hydrogen-bond donors (Lipinski definition) is 1. The van der Waals surface area contributed by atoms with Crippen molar-refractivity contribution < 1.29 is 5.11 Å². The molecule has 2 heterocycles. The Morgan fingerprint density at radius 2 is 1.67 bits per heavy atom. The van der Waals surface area contributed by atoms with Crippen molar-refractivity contribution in [3.63, 3.8) is 0 Å². The highest BCUT2D eigenvalue weighted by molar-refractivity contribution is 4.81. The van der Waals surface area contributed by atoms with Crippen LogP contribution in [-0.2, 0) is 0 Å². The Morgan fingerprint density at radius 1 is 0.933 bits per heavy atom. The van der Waals surface area contributed by atoms with Gasteiger partial charge >= 0.3 is 0 Å². The van der Waals surface area contributed by atoms with E-state index < -0.39 is 0 Å². The van der Waals surface area contributed by atoms with Crippen LogP contribution in [0.25, 0.3) is 0 Å². The Hall–Kier alpha value is -0.120. The van der Waals surface area contributed by atoms with Gasteiger partial charge in [0.2, 0.25) is 0 Å². The van der Waals surface area contributed by atoms with Crippen LogP contribution in [0.1, 0.15) is 38.5 Å². The number of aliphatic hydroxyl groups excluding tert-OH is 1. The molecule has 0 bridgehead atoms. The molecule has 2 fully saturated rings. The van der Waals surface area contributed by atoms with E-state index in [1.54, 1.807) is 0 Å². The maximum Gasteiger partial charge on any atom is 0.107 e. The van der Waals surface area contributed by atoms with Gasteiger partial charge in [-0.1, -0.05) is 6.42 Å². The molecule has 1 atom stereocenters. The van der Waals surface area contributed by atoms with Gasteiger partial charge in [-0.15, -0.1) is 0 Å². The summed E-state index contributed by atoms with van der Waals surface area (Å²) in [6, 6.07) is 0.634. The molecule has 0 spiro atoms. The van der Waals surface area contributed by atoms with Gasteiger partial charge in [0.1, 0.15) is 6.23 Å². The van der Waals surface area contributed by atoms with Crippen LogP contribution >= 0.6 is 0 Å². The van der Waals surface area contributed by atoms with Gasteiger partial charge in [0.25, 0.3) is 0 Å². The lowest BCUT2D eigenvalue weighted by atomic mass is 10.0. The summed E-state index contributed by atoms with van der Waals surface area (Å²) in [4.78, 5) is 4.75. The SMILES string of the molecule is CN1CCC(N2CCCCCC2O)CC1. The summed E-state index contributed by atoms with van der Waals surface area (Å²) < 4.78 is 0. The molecule has 2 rings (SSSR count). The van der Waals surface area contributed by atoms with Gasteiger partial charge < -0.3 is 10.0 Å². The van der Waals surface area contributed by atoms with Gasteiger partial charge in [0.05, 0.1) is 0 Å². The fraction of sp³-hybridized carbons (Fsp3) is 1.00. The van der Waals surface area contributed by atoms with Crippen LogP contribution in [0.5, 0.6) is 0 Å². The zero-order valence-electron chi connectivity index (χ0n) is 9.86. The standard InChI is InChI=1S/C12H24N2O/c1-13-9-6-11(7-10-13)14-8-4-2-3-5-12(14)15/h11-12,15H,2-10H2,1H3. The fourth-order valence-corrected chi connectivity index (χ4v) is 2.87. The van der Waals surface area contributed by atoms with E-state index >= 15 is 0 Å². The topological polar surface area (TPSA) is 26.7 Å². The number of nitrogens with zero attached hydrogens (tertiary/aromatic N) is 2. The molecule has 0 radical (unpaired) electrons. The maximum absolute atomic E-state index is 10.1. The van der Waals surface area contributed by atoms with E-state index in [1.165, 1.54) is 45.2 Å². The first kappa shape index (κ1) is 11.4. The van der Waals surface area contributed by atoms with Gasteiger partial charge in [-0.2, -0.15) is 0 Å². The van der Waals surface area contributed by atoms with Crippen molar-refractivity contribution in [2.45, 2.75) is 50.8 Å². The van der Waals surface area contributed by atoms with E-state index in [9.17, 15) is 5.11 Å². The largest absolute Gasteiger partial charge is 0.378 e. The Labute approximate surface area is 93.1 Å². The molecule has 88 valence electrons. The monoisotopic (exact) mass is 212 g/mol. The molecule has 2 aliphatic heterocycles. The highest BCUT2D eigenvalue weighted by Gasteiger charge is 2.28. The molecular weight excluding hydrogens is 188 g/mol. The Bertz CT molecular complexity index is 190. The highest BCUT2D eigenvalue weighted by atomic mass is 16.3. The van der Waals surface area contributed by atoms with Gasteiger partial charge in [0.15, 0.2) is 0 Å². The van der Waals surface area contributed by atoms with Crippen molar-refractivity contribution in [3.8, 4) is 0 Å². The molecule has 1 unspecified atom stereocenters. The second-order valence-electron chi connectivity index (χ2n) is 5.10. The van der Waals surface area contributed by atoms with Gasteiger partial charge in [0, 0.05) is 12.6 Å². The summed E-state index contributed by atoms with van der Waals surface area (Å²) in [5, 5.41) is 10.1. The van der Waals surface area contributed by atoms with E-state index in [4.69, 9.17) is 0 Å². The van der Waals surface area contributed by atoms with Crippen LogP contribution in [0.15, 0.2) is 0 Å². The predicted molar refractivity (Wildman–Crippen MR) is 61.7 cm³/mol. The molecule has 2 aliphatic rings. The average Bonchev–Trinajstić information content (AvgIpc) is 2.44. The molecule has 0 aromatic rings. The third-order valence-electron chi connectivity index (χ3n) is 3.92. The summed E-state index contributed by atoms with van der Waals surface area (Å²) in [7, 11) is 2.19. The molecule has 0 aromatic carbocycles. The van der Waals surface area contributed by atoms with E-state index in [0.717, 1.165) is 13.0 Å². The number of hydrogen-bond acceptors (Lipinski definition) is 3. The van der Waals surface area contributed by atoms with E-state index in [-0.39, 0.29) is 6.23 Å². The highest BCUT2D eigenvalue weighted by Crippen LogP contribution is 2.23. The average molecular weight is 212 g/mol. The molecule has 3 nitrogen and oxygen atoms in total. The second-order valence-corrected chi connectivity index (χ2v) is 5.10. The van der Waals surface area contributed by atoms with Crippen LogP contribution in [0.3, 0.4) is 0 Å². The number of aliphatic hydroxyl groups is 1. The van der Waals surface area contributed by atoms with E-state index in [0.29, 0.717) is 6.04 Å². The van der Waals surface area contributed by atoms with Crippen LogP contribution < -0.4 is 0 Å². The third kappa shape index (κ3) is 2.92. The number of rotatable bonds is 1. The van der Waals surface area contributed by atoms with Crippen molar-refractivity contribution >= 4 is 0 Å². The van der Waals surface area contributed by atoms with Gasteiger partial charge in [-0.25, -0.2) is 0 Å².